The number of rotatable bonds is 4. The van der Waals surface area contributed by atoms with Crippen LogP contribution < -0.4 is 10.2 Å². The fraction of sp³-hybridized carbons (Fsp3) is 0.240. The highest BCUT2D eigenvalue weighted by Gasteiger charge is 2.40. The van der Waals surface area contributed by atoms with Crippen LogP contribution in [0.5, 0.6) is 0 Å². The molecule has 1 aliphatic heterocycles. The predicted molar refractivity (Wildman–Crippen MR) is 123 cm³/mol. The van der Waals surface area contributed by atoms with Crippen molar-refractivity contribution < 1.29 is 4.79 Å². The number of anilines is 2. The van der Waals surface area contributed by atoms with Crippen molar-refractivity contribution in [1.82, 2.24) is 0 Å². The maximum Gasteiger partial charge on any atom is 0.258 e. The van der Waals surface area contributed by atoms with Crippen molar-refractivity contribution in [3.63, 3.8) is 0 Å². The lowest BCUT2D eigenvalue weighted by Gasteiger charge is -2.45. The molecule has 3 aromatic rings. The van der Waals surface area contributed by atoms with Gasteiger partial charge in [-0.3, -0.25) is 4.79 Å². The van der Waals surface area contributed by atoms with Gasteiger partial charge < -0.3 is 10.2 Å². The molecule has 0 unspecified atom stereocenters. The molecule has 4 rings (SSSR count). The predicted octanol–water partition coefficient (Wildman–Crippen LogP) is 6.68. The van der Waals surface area contributed by atoms with Gasteiger partial charge in [-0.2, -0.15) is 0 Å². The standard InChI is InChI=1S/C25H25BrN2O/c1-3-22-17(2)24(27-20-9-5-4-6-10-20)21-11-7-8-12-23(21)28(22)25(29)18-13-15-19(26)16-14-18/h4-17,22,24,27H,3H2,1-2H3/t17-,22+,24+/m1/s1. The first-order valence-electron chi connectivity index (χ1n) is 10.1. The van der Waals surface area contributed by atoms with Gasteiger partial charge >= 0.3 is 0 Å². The maximum atomic E-state index is 13.5. The van der Waals surface area contributed by atoms with Crippen LogP contribution in [-0.4, -0.2) is 11.9 Å². The number of amides is 1. The van der Waals surface area contributed by atoms with E-state index in [0.717, 1.165) is 22.3 Å². The summed E-state index contributed by atoms with van der Waals surface area (Å²) in [6, 6.07) is 26.5. The molecular weight excluding hydrogens is 424 g/mol. The third kappa shape index (κ3) is 3.82. The monoisotopic (exact) mass is 448 g/mol. The second kappa shape index (κ2) is 8.42. The molecule has 0 spiro atoms. The third-order valence-corrected chi connectivity index (χ3v) is 6.35. The Morgan fingerprint density at radius 3 is 2.31 bits per heavy atom. The second-order valence-corrected chi connectivity index (χ2v) is 8.48. The quantitative estimate of drug-likeness (QED) is 0.482. The average Bonchev–Trinajstić information content (AvgIpc) is 2.76. The van der Waals surface area contributed by atoms with Gasteiger partial charge in [0.1, 0.15) is 0 Å². The first kappa shape index (κ1) is 19.7. The van der Waals surface area contributed by atoms with E-state index in [1.54, 1.807) is 0 Å². The highest BCUT2D eigenvalue weighted by atomic mass is 79.9. The van der Waals surface area contributed by atoms with E-state index in [9.17, 15) is 4.79 Å². The molecule has 1 aliphatic rings. The Balaban J connectivity index is 1.76. The number of halogens is 1. The van der Waals surface area contributed by atoms with Crippen LogP contribution in [0.2, 0.25) is 0 Å². The minimum Gasteiger partial charge on any atom is -0.378 e. The lowest BCUT2D eigenvalue weighted by Crippen LogP contribution is -2.50. The number of hydrogen-bond donors (Lipinski definition) is 1. The van der Waals surface area contributed by atoms with Gasteiger partial charge in [0.25, 0.3) is 5.91 Å². The zero-order valence-electron chi connectivity index (χ0n) is 16.7. The number of benzene rings is 3. The number of carbonyl (C=O) groups excluding carboxylic acids is 1. The molecule has 1 amide bonds. The lowest BCUT2D eigenvalue weighted by molar-refractivity contribution is 0.0960. The number of fused-ring (bicyclic) bond motifs is 1. The molecule has 0 bridgehead atoms. The summed E-state index contributed by atoms with van der Waals surface area (Å²) in [7, 11) is 0. The van der Waals surface area contributed by atoms with Crippen LogP contribution in [0.15, 0.2) is 83.3 Å². The van der Waals surface area contributed by atoms with E-state index in [1.807, 2.05) is 53.4 Å². The van der Waals surface area contributed by atoms with Crippen LogP contribution in [0, 0.1) is 5.92 Å². The highest BCUT2D eigenvalue weighted by molar-refractivity contribution is 9.10. The first-order chi connectivity index (χ1) is 14.1. The van der Waals surface area contributed by atoms with Gasteiger partial charge in [-0.1, -0.05) is 66.2 Å². The number of nitrogens with zero attached hydrogens (tertiary/aromatic N) is 1. The fourth-order valence-electron chi connectivity index (χ4n) is 4.36. The lowest BCUT2D eigenvalue weighted by atomic mass is 9.80. The molecule has 148 valence electrons. The first-order valence-corrected chi connectivity index (χ1v) is 10.9. The Labute approximate surface area is 180 Å². The summed E-state index contributed by atoms with van der Waals surface area (Å²) in [5.74, 6) is 0.316. The van der Waals surface area contributed by atoms with E-state index in [0.29, 0.717) is 5.56 Å². The van der Waals surface area contributed by atoms with Crippen molar-refractivity contribution in [2.75, 3.05) is 10.2 Å². The number of para-hydroxylation sites is 2. The Bertz CT molecular complexity index is 987. The summed E-state index contributed by atoms with van der Waals surface area (Å²) in [5.41, 5.74) is 3.97. The maximum absolute atomic E-state index is 13.5. The number of nitrogens with one attached hydrogen (secondary N) is 1. The molecule has 4 heteroatoms. The minimum atomic E-state index is 0.0572. The Morgan fingerprint density at radius 1 is 0.966 bits per heavy atom. The molecule has 3 nitrogen and oxygen atoms in total. The Morgan fingerprint density at radius 2 is 1.62 bits per heavy atom. The van der Waals surface area contributed by atoms with Gasteiger partial charge in [-0.25, -0.2) is 0 Å². The van der Waals surface area contributed by atoms with Crippen molar-refractivity contribution in [3.8, 4) is 0 Å². The summed E-state index contributed by atoms with van der Waals surface area (Å²) in [5, 5.41) is 3.71. The SMILES string of the molecule is CC[C@H]1[C@@H](C)[C@H](Nc2ccccc2)c2ccccc2N1C(=O)c1ccc(Br)cc1. The van der Waals surface area contributed by atoms with Crippen molar-refractivity contribution >= 4 is 33.2 Å². The van der Waals surface area contributed by atoms with Crippen molar-refractivity contribution in [2.24, 2.45) is 5.92 Å². The normalized spacial score (nSPS) is 20.8. The topological polar surface area (TPSA) is 32.3 Å². The molecule has 29 heavy (non-hydrogen) atoms. The van der Waals surface area contributed by atoms with E-state index in [2.05, 4.69) is 65.4 Å². The summed E-state index contributed by atoms with van der Waals surface area (Å²) < 4.78 is 0.973. The van der Waals surface area contributed by atoms with Crippen LogP contribution in [-0.2, 0) is 0 Å². The highest BCUT2D eigenvalue weighted by Crippen LogP contribution is 2.43. The van der Waals surface area contributed by atoms with Crippen molar-refractivity contribution in [3.05, 3.63) is 94.5 Å². The van der Waals surface area contributed by atoms with E-state index >= 15 is 0 Å². The van der Waals surface area contributed by atoms with E-state index in [-0.39, 0.29) is 23.9 Å². The molecule has 0 fully saturated rings. The molecule has 0 aromatic heterocycles. The molecule has 3 atom stereocenters. The van der Waals surface area contributed by atoms with Gasteiger partial charge in [0.15, 0.2) is 0 Å². The summed E-state index contributed by atoms with van der Waals surface area (Å²) in [6.07, 6.45) is 0.894. The minimum absolute atomic E-state index is 0.0572. The zero-order valence-corrected chi connectivity index (χ0v) is 18.3. The molecule has 0 radical (unpaired) electrons. The Hall–Kier alpha value is -2.59. The number of carbonyl (C=O) groups is 1. The largest absolute Gasteiger partial charge is 0.378 e. The average molecular weight is 449 g/mol. The molecule has 0 aliphatic carbocycles. The van der Waals surface area contributed by atoms with E-state index in [1.165, 1.54) is 5.56 Å². The zero-order chi connectivity index (χ0) is 20.4. The molecule has 3 aromatic carbocycles. The third-order valence-electron chi connectivity index (χ3n) is 5.82. The van der Waals surface area contributed by atoms with Crippen molar-refractivity contribution in [1.29, 1.82) is 0 Å². The second-order valence-electron chi connectivity index (χ2n) is 7.56. The van der Waals surface area contributed by atoms with Crippen LogP contribution in [0.3, 0.4) is 0 Å². The molecule has 0 saturated heterocycles. The summed E-state index contributed by atoms with van der Waals surface area (Å²) >= 11 is 3.46. The molecule has 1 N–H and O–H groups in total. The van der Waals surface area contributed by atoms with E-state index in [4.69, 9.17) is 0 Å². The fourth-order valence-corrected chi connectivity index (χ4v) is 4.62. The van der Waals surface area contributed by atoms with Crippen LogP contribution in [0.1, 0.15) is 42.2 Å². The van der Waals surface area contributed by atoms with Gasteiger partial charge in [0.2, 0.25) is 0 Å². The van der Waals surface area contributed by atoms with Crippen LogP contribution in [0.25, 0.3) is 0 Å². The van der Waals surface area contributed by atoms with Gasteiger partial charge in [-0.15, -0.1) is 0 Å². The number of hydrogen-bond acceptors (Lipinski definition) is 2. The smallest absolute Gasteiger partial charge is 0.258 e. The van der Waals surface area contributed by atoms with Crippen LogP contribution >= 0.6 is 15.9 Å². The van der Waals surface area contributed by atoms with Gasteiger partial charge in [-0.05, 0) is 54.4 Å². The van der Waals surface area contributed by atoms with Gasteiger partial charge in [0, 0.05) is 33.4 Å². The molecular formula is C25H25BrN2O. The van der Waals surface area contributed by atoms with E-state index < -0.39 is 0 Å². The molecule has 0 saturated carbocycles. The van der Waals surface area contributed by atoms with Crippen LogP contribution in [0.4, 0.5) is 11.4 Å². The summed E-state index contributed by atoms with van der Waals surface area (Å²) in [6.45, 7) is 4.41. The Kier molecular flexibility index (Phi) is 5.72. The van der Waals surface area contributed by atoms with Crippen molar-refractivity contribution in [2.45, 2.75) is 32.4 Å². The van der Waals surface area contributed by atoms with Gasteiger partial charge in [0.05, 0.1) is 6.04 Å². The summed E-state index contributed by atoms with van der Waals surface area (Å²) in [4.78, 5) is 15.6. The molecule has 1 heterocycles.